The Labute approximate surface area is 163 Å². The van der Waals surface area contributed by atoms with Crippen molar-refractivity contribution in [2.75, 3.05) is 12.4 Å². The SMILES string of the molecule is CCC(On1nc(NC(=O)CCc2ccccc2)c2ccccc21)C(=O)OC. The van der Waals surface area contributed by atoms with Crippen molar-refractivity contribution in [3.8, 4) is 0 Å². The van der Waals surface area contributed by atoms with Crippen LogP contribution in [0.4, 0.5) is 5.82 Å². The number of hydrogen-bond donors (Lipinski definition) is 1. The molecular formula is C21H23N3O4. The molecule has 1 N–H and O–H groups in total. The summed E-state index contributed by atoms with van der Waals surface area (Å²) in [4.78, 5) is 31.2. The van der Waals surface area contributed by atoms with Crippen molar-refractivity contribution in [2.45, 2.75) is 32.3 Å². The average Bonchev–Trinajstić information content (AvgIpc) is 3.08. The first-order chi connectivity index (χ1) is 13.6. The number of ether oxygens (including phenoxy) is 1. The van der Waals surface area contributed by atoms with Gasteiger partial charge in [-0.15, -0.1) is 5.10 Å². The Kier molecular flexibility index (Phi) is 6.26. The number of carbonyl (C=O) groups is 2. The number of carbonyl (C=O) groups excluding carboxylic acids is 2. The van der Waals surface area contributed by atoms with Gasteiger partial charge in [-0.3, -0.25) is 4.79 Å². The number of amides is 1. The largest absolute Gasteiger partial charge is 0.466 e. The molecule has 0 saturated carbocycles. The van der Waals surface area contributed by atoms with Gasteiger partial charge in [-0.25, -0.2) is 4.79 Å². The van der Waals surface area contributed by atoms with Crippen LogP contribution in [0.5, 0.6) is 0 Å². The van der Waals surface area contributed by atoms with Crippen molar-refractivity contribution < 1.29 is 19.2 Å². The van der Waals surface area contributed by atoms with Crippen LogP contribution in [0.25, 0.3) is 10.9 Å². The molecular weight excluding hydrogens is 358 g/mol. The second kappa shape index (κ2) is 9.03. The lowest BCUT2D eigenvalue weighted by Gasteiger charge is -2.14. The van der Waals surface area contributed by atoms with Crippen LogP contribution in [0.15, 0.2) is 54.6 Å². The zero-order valence-corrected chi connectivity index (χ0v) is 15.9. The fourth-order valence-corrected chi connectivity index (χ4v) is 2.85. The first-order valence-electron chi connectivity index (χ1n) is 9.19. The molecule has 1 amide bonds. The number of benzene rings is 2. The molecule has 0 bridgehead atoms. The summed E-state index contributed by atoms with van der Waals surface area (Å²) in [6.07, 6.45) is 0.628. The quantitative estimate of drug-likeness (QED) is 0.607. The summed E-state index contributed by atoms with van der Waals surface area (Å²) >= 11 is 0. The normalized spacial score (nSPS) is 11.8. The van der Waals surface area contributed by atoms with Crippen LogP contribution >= 0.6 is 0 Å². The van der Waals surface area contributed by atoms with E-state index in [-0.39, 0.29) is 5.91 Å². The van der Waals surface area contributed by atoms with Crippen molar-refractivity contribution in [3.63, 3.8) is 0 Å². The van der Waals surface area contributed by atoms with Gasteiger partial charge < -0.3 is 14.9 Å². The van der Waals surface area contributed by atoms with Gasteiger partial charge in [-0.2, -0.15) is 0 Å². The summed E-state index contributed by atoms with van der Waals surface area (Å²) in [5.74, 6) is -0.219. The summed E-state index contributed by atoms with van der Waals surface area (Å²) in [7, 11) is 1.31. The molecule has 2 aromatic carbocycles. The molecule has 1 unspecified atom stereocenters. The van der Waals surface area contributed by atoms with E-state index in [0.717, 1.165) is 10.9 Å². The van der Waals surface area contributed by atoms with Gasteiger partial charge in [0, 0.05) is 11.8 Å². The van der Waals surface area contributed by atoms with E-state index in [1.165, 1.54) is 12.0 Å². The van der Waals surface area contributed by atoms with E-state index in [4.69, 9.17) is 9.57 Å². The molecule has 7 nitrogen and oxygen atoms in total. The van der Waals surface area contributed by atoms with Crippen LogP contribution in [0.3, 0.4) is 0 Å². The Morgan fingerprint density at radius 1 is 1.11 bits per heavy atom. The summed E-state index contributed by atoms with van der Waals surface area (Å²) in [5.41, 5.74) is 1.75. The number of anilines is 1. The van der Waals surface area contributed by atoms with Gasteiger partial charge in [0.2, 0.25) is 12.0 Å². The third kappa shape index (κ3) is 4.49. The van der Waals surface area contributed by atoms with E-state index < -0.39 is 12.1 Å². The zero-order chi connectivity index (χ0) is 19.9. The van der Waals surface area contributed by atoms with E-state index in [1.54, 1.807) is 0 Å². The Morgan fingerprint density at radius 2 is 1.82 bits per heavy atom. The van der Waals surface area contributed by atoms with Gasteiger partial charge in [-0.05, 0) is 30.5 Å². The summed E-state index contributed by atoms with van der Waals surface area (Å²) in [5, 5.41) is 7.92. The van der Waals surface area contributed by atoms with Gasteiger partial charge in [0.15, 0.2) is 5.82 Å². The molecule has 0 aliphatic carbocycles. The predicted molar refractivity (Wildman–Crippen MR) is 106 cm³/mol. The van der Waals surface area contributed by atoms with Gasteiger partial charge in [-0.1, -0.05) is 54.2 Å². The van der Waals surface area contributed by atoms with Crippen LogP contribution < -0.4 is 10.2 Å². The second-order valence-electron chi connectivity index (χ2n) is 6.30. The molecule has 7 heteroatoms. The van der Waals surface area contributed by atoms with Crippen LogP contribution in [0, 0.1) is 0 Å². The molecule has 0 aliphatic rings. The number of hydrogen-bond acceptors (Lipinski definition) is 5. The third-order valence-corrected chi connectivity index (χ3v) is 4.36. The third-order valence-electron chi connectivity index (χ3n) is 4.36. The van der Waals surface area contributed by atoms with Crippen molar-refractivity contribution in [3.05, 3.63) is 60.2 Å². The Bertz CT molecular complexity index is 953. The number of aromatic nitrogens is 2. The standard InChI is InChI=1S/C21H23N3O4/c1-3-18(21(26)27-2)28-24-17-12-8-7-11-16(17)20(23-24)22-19(25)14-13-15-9-5-4-6-10-15/h4-12,18H,3,13-14H2,1-2H3,(H,22,23,25). The minimum atomic E-state index is -0.782. The molecule has 0 fully saturated rings. The number of esters is 1. The van der Waals surface area contributed by atoms with Crippen molar-refractivity contribution >= 4 is 28.6 Å². The highest BCUT2D eigenvalue weighted by Gasteiger charge is 2.22. The first kappa shape index (κ1) is 19.4. The number of para-hydroxylation sites is 1. The fraction of sp³-hybridized carbons (Fsp3) is 0.286. The van der Waals surface area contributed by atoms with E-state index in [9.17, 15) is 9.59 Å². The summed E-state index contributed by atoms with van der Waals surface area (Å²) in [6, 6.07) is 17.2. The monoisotopic (exact) mass is 381 g/mol. The molecule has 1 heterocycles. The molecule has 0 saturated heterocycles. The number of nitrogens with zero attached hydrogens (tertiary/aromatic N) is 2. The number of fused-ring (bicyclic) bond motifs is 1. The molecule has 146 valence electrons. The highest BCUT2D eigenvalue weighted by atomic mass is 16.7. The van der Waals surface area contributed by atoms with E-state index in [2.05, 4.69) is 10.4 Å². The zero-order valence-electron chi connectivity index (χ0n) is 15.9. The lowest BCUT2D eigenvalue weighted by Crippen LogP contribution is -2.34. The van der Waals surface area contributed by atoms with Crippen molar-refractivity contribution in [2.24, 2.45) is 0 Å². The topological polar surface area (TPSA) is 82.5 Å². The molecule has 0 radical (unpaired) electrons. The van der Waals surface area contributed by atoms with Crippen molar-refractivity contribution in [1.82, 2.24) is 9.94 Å². The summed E-state index contributed by atoms with van der Waals surface area (Å²) in [6.45, 7) is 1.82. The van der Waals surface area contributed by atoms with Gasteiger partial charge in [0.25, 0.3) is 0 Å². The molecule has 3 aromatic rings. The number of rotatable bonds is 8. The Morgan fingerprint density at radius 3 is 2.54 bits per heavy atom. The number of aryl methyl sites for hydroxylation is 1. The second-order valence-corrected chi connectivity index (χ2v) is 6.30. The average molecular weight is 381 g/mol. The molecule has 28 heavy (non-hydrogen) atoms. The lowest BCUT2D eigenvalue weighted by molar-refractivity contribution is -0.155. The number of nitrogens with one attached hydrogen (secondary N) is 1. The lowest BCUT2D eigenvalue weighted by atomic mass is 10.1. The predicted octanol–water partition coefficient (Wildman–Crippen LogP) is 2.99. The van der Waals surface area contributed by atoms with Gasteiger partial charge in [0.1, 0.15) is 5.52 Å². The van der Waals surface area contributed by atoms with E-state index in [0.29, 0.717) is 30.6 Å². The van der Waals surface area contributed by atoms with Gasteiger partial charge in [0.05, 0.1) is 7.11 Å². The maximum Gasteiger partial charge on any atom is 0.349 e. The van der Waals surface area contributed by atoms with Crippen LogP contribution in [-0.4, -0.2) is 35.0 Å². The number of methoxy groups -OCH3 is 1. The van der Waals surface area contributed by atoms with Crippen LogP contribution in [-0.2, 0) is 20.7 Å². The Balaban J connectivity index is 1.76. The van der Waals surface area contributed by atoms with E-state index in [1.807, 2.05) is 61.5 Å². The van der Waals surface area contributed by atoms with Gasteiger partial charge >= 0.3 is 5.97 Å². The van der Waals surface area contributed by atoms with E-state index >= 15 is 0 Å². The molecule has 1 aromatic heterocycles. The van der Waals surface area contributed by atoms with Crippen molar-refractivity contribution in [1.29, 1.82) is 0 Å². The summed E-state index contributed by atoms with van der Waals surface area (Å²) < 4.78 is 4.76. The van der Waals surface area contributed by atoms with Crippen LogP contribution in [0.1, 0.15) is 25.3 Å². The smallest absolute Gasteiger partial charge is 0.349 e. The fourth-order valence-electron chi connectivity index (χ4n) is 2.85. The maximum absolute atomic E-state index is 12.4. The molecule has 3 rings (SSSR count). The minimum absolute atomic E-state index is 0.140. The Hall–Kier alpha value is -3.35. The molecule has 0 aliphatic heterocycles. The minimum Gasteiger partial charge on any atom is -0.466 e. The van der Waals surface area contributed by atoms with Crippen LogP contribution in [0.2, 0.25) is 0 Å². The highest BCUT2D eigenvalue weighted by molar-refractivity contribution is 5.99. The molecule has 1 atom stereocenters. The maximum atomic E-state index is 12.4. The highest BCUT2D eigenvalue weighted by Crippen LogP contribution is 2.22. The first-order valence-corrected chi connectivity index (χ1v) is 9.19. The molecule has 0 spiro atoms.